The average molecular weight is 401 g/mol. The number of sulfone groups is 1. The predicted molar refractivity (Wildman–Crippen MR) is 105 cm³/mol. The maximum atomic E-state index is 11.4. The molecule has 1 aromatic carbocycles. The zero-order valence-corrected chi connectivity index (χ0v) is 16.9. The minimum absolute atomic E-state index is 0.0549. The van der Waals surface area contributed by atoms with Crippen molar-refractivity contribution in [2.45, 2.75) is 18.4 Å². The molecule has 2 atom stereocenters. The molecule has 0 N–H and O–H groups in total. The Bertz CT molecular complexity index is 954. The van der Waals surface area contributed by atoms with Gasteiger partial charge in [0.25, 0.3) is 0 Å². The Morgan fingerprint density at radius 3 is 2.79 bits per heavy atom. The van der Waals surface area contributed by atoms with Crippen molar-refractivity contribution in [2.75, 3.05) is 32.5 Å². The fourth-order valence-electron chi connectivity index (χ4n) is 3.39. The standard InChI is InChI=1S/C20H24N4O3S/c1-15-12-24(7-6-16-4-3-5-17(8-16)9-21)13-18(15)14-27-19-10-23-20(11-22-19)28(2,25)26/h3-5,8,10-11,15,18H,6-7,12-14H2,1-2H3. The van der Waals surface area contributed by atoms with Crippen molar-refractivity contribution in [1.82, 2.24) is 14.9 Å². The van der Waals surface area contributed by atoms with Gasteiger partial charge in [0.1, 0.15) is 0 Å². The predicted octanol–water partition coefficient (Wildman–Crippen LogP) is 1.94. The molecule has 0 aliphatic carbocycles. The Kier molecular flexibility index (Phi) is 6.27. The molecular formula is C20H24N4O3S. The van der Waals surface area contributed by atoms with Crippen LogP contribution in [0, 0.1) is 23.2 Å². The molecule has 3 rings (SSSR count). The molecule has 1 aliphatic heterocycles. The molecule has 1 aromatic heterocycles. The normalized spacial score (nSPS) is 20.0. The summed E-state index contributed by atoms with van der Waals surface area (Å²) in [5.41, 5.74) is 1.87. The maximum Gasteiger partial charge on any atom is 0.232 e. The number of likely N-dealkylation sites (tertiary alicyclic amines) is 1. The van der Waals surface area contributed by atoms with Gasteiger partial charge < -0.3 is 9.64 Å². The van der Waals surface area contributed by atoms with Crippen LogP contribution in [0.1, 0.15) is 18.1 Å². The van der Waals surface area contributed by atoms with Gasteiger partial charge in [0.05, 0.1) is 30.6 Å². The quantitative estimate of drug-likeness (QED) is 0.701. The number of hydrogen-bond acceptors (Lipinski definition) is 7. The van der Waals surface area contributed by atoms with Gasteiger partial charge in [-0.1, -0.05) is 19.1 Å². The van der Waals surface area contributed by atoms with Gasteiger partial charge in [0.2, 0.25) is 5.88 Å². The first-order valence-corrected chi connectivity index (χ1v) is 11.1. The fraction of sp³-hybridized carbons (Fsp3) is 0.450. The van der Waals surface area contributed by atoms with Crippen molar-refractivity contribution in [2.24, 2.45) is 11.8 Å². The van der Waals surface area contributed by atoms with Crippen molar-refractivity contribution in [3.63, 3.8) is 0 Å². The molecular weight excluding hydrogens is 376 g/mol. The van der Waals surface area contributed by atoms with E-state index in [-0.39, 0.29) is 5.03 Å². The molecule has 0 spiro atoms. The Morgan fingerprint density at radius 1 is 1.29 bits per heavy atom. The smallest absolute Gasteiger partial charge is 0.232 e. The van der Waals surface area contributed by atoms with Crippen molar-refractivity contribution in [3.05, 3.63) is 47.8 Å². The fourth-order valence-corrected chi connectivity index (χ4v) is 3.88. The molecule has 0 saturated carbocycles. The molecule has 148 valence electrons. The highest BCUT2D eigenvalue weighted by molar-refractivity contribution is 7.90. The van der Waals surface area contributed by atoms with E-state index >= 15 is 0 Å². The van der Waals surface area contributed by atoms with E-state index in [4.69, 9.17) is 10.00 Å². The first-order chi connectivity index (χ1) is 13.3. The SMILES string of the molecule is CC1CN(CCc2cccc(C#N)c2)CC1COc1cnc(S(C)(=O)=O)cn1. The molecule has 0 bridgehead atoms. The van der Waals surface area contributed by atoms with Gasteiger partial charge >= 0.3 is 0 Å². The first-order valence-electron chi connectivity index (χ1n) is 9.21. The highest BCUT2D eigenvalue weighted by Gasteiger charge is 2.29. The topological polar surface area (TPSA) is 96.2 Å². The van der Waals surface area contributed by atoms with Gasteiger partial charge in [0, 0.05) is 31.8 Å². The second-order valence-electron chi connectivity index (χ2n) is 7.34. The monoisotopic (exact) mass is 400 g/mol. The molecule has 0 radical (unpaired) electrons. The van der Waals surface area contributed by atoms with Crippen LogP contribution in [0.4, 0.5) is 0 Å². The Hall–Kier alpha value is -2.50. The summed E-state index contributed by atoms with van der Waals surface area (Å²) in [6, 6.07) is 9.92. The molecule has 8 heteroatoms. The zero-order chi connectivity index (χ0) is 20.1. The number of benzene rings is 1. The van der Waals surface area contributed by atoms with Crippen molar-refractivity contribution in [1.29, 1.82) is 5.26 Å². The minimum atomic E-state index is -3.35. The first kappa shape index (κ1) is 20.2. The van der Waals surface area contributed by atoms with E-state index in [0.717, 1.165) is 32.3 Å². The van der Waals surface area contributed by atoms with Crippen molar-refractivity contribution in [3.8, 4) is 11.9 Å². The molecule has 1 fully saturated rings. The summed E-state index contributed by atoms with van der Waals surface area (Å²) in [5.74, 6) is 1.21. The van der Waals surface area contributed by atoms with E-state index in [9.17, 15) is 8.42 Å². The van der Waals surface area contributed by atoms with Crippen LogP contribution in [0.3, 0.4) is 0 Å². The molecule has 0 amide bonds. The average Bonchev–Trinajstić information content (AvgIpc) is 3.04. The van der Waals surface area contributed by atoms with Gasteiger partial charge in [-0.2, -0.15) is 5.26 Å². The summed E-state index contributed by atoms with van der Waals surface area (Å²) < 4.78 is 28.6. The van der Waals surface area contributed by atoms with E-state index in [2.05, 4.69) is 33.9 Å². The van der Waals surface area contributed by atoms with Gasteiger partial charge in [-0.25, -0.2) is 18.4 Å². The Labute approximate surface area is 165 Å². The van der Waals surface area contributed by atoms with E-state index in [1.807, 2.05) is 18.2 Å². The van der Waals surface area contributed by atoms with E-state index in [0.29, 0.717) is 29.9 Å². The van der Waals surface area contributed by atoms with Crippen LogP contribution in [-0.4, -0.2) is 55.8 Å². The van der Waals surface area contributed by atoms with Crippen LogP contribution in [0.15, 0.2) is 41.7 Å². The minimum Gasteiger partial charge on any atom is -0.476 e. The largest absolute Gasteiger partial charge is 0.476 e. The molecule has 1 aliphatic rings. The van der Waals surface area contributed by atoms with Crippen LogP contribution >= 0.6 is 0 Å². The number of ether oxygens (including phenoxy) is 1. The van der Waals surface area contributed by atoms with Crippen LogP contribution in [0.2, 0.25) is 0 Å². The van der Waals surface area contributed by atoms with Crippen LogP contribution < -0.4 is 4.74 Å². The number of hydrogen-bond donors (Lipinski definition) is 0. The summed E-state index contributed by atoms with van der Waals surface area (Å²) >= 11 is 0. The van der Waals surface area contributed by atoms with Gasteiger partial charge in [-0.15, -0.1) is 0 Å². The lowest BCUT2D eigenvalue weighted by molar-refractivity contribution is 0.217. The Balaban J connectivity index is 1.49. The van der Waals surface area contributed by atoms with Crippen molar-refractivity contribution < 1.29 is 13.2 Å². The van der Waals surface area contributed by atoms with E-state index in [1.165, 1.54) is 18.0 Å². The Morgan fingerprint density at radius 2 is 2.11 bits per heavy atom. The molecule has 2 heterocycles. The van der Waals surface area contributed by atoms with E-state index < -0.39 is 9.84 Å². The number of rotatable bonds is 7. The van der Waals surface area contributed by atoms with Gasteiger partial charge in [0.15, 0.2) is 14.9 Å². The summed E-state index contributed by atoms with van der Waals surface area (Å²) in [4.78, 5) is 10.3. The molecule has 2 aromatic rings. The second kappa shape index (κ2) is 8.67. The third kappa shape index (κ3) is 5.27. The molecule has 7 nitrogen and oxygen atoms in total. The van der Waals surface area contributed by atoms with Crippen LogP contribution in [0.25, 0.3) is 0 Å². The number of nitrogens with zero attached hydrogens (tertiary/aromatic N) is 4. The summed E-state index contributed by atoms with van der Waals surface area (Å²) in [6.45, 7) is 5.62. The second-order valence-corrected chi connectivity index (χ2v) is 9.30. The third-order valence-corrected chi connectivity index (χ3v) is 6.02. The molecule has 2 unspecified atom stereocenters. The molecule has 1 saturated heterocycles. The maximum absolute atomic E-state index is 11.4. The lowest BCUT2D eigenvalue weighted by Crippen LogP contribution is -2.25. The van der Waals surface area contributed by atoms with E-state index in [1.54, 1.807) is 0 Å². The highest BCUT2D eigenvalue weighted by atomic mass is 32.2. The summed E-state index contributed by atoms with van der Waals surface area (Å²) in [6.07, 6.45) is 4.59. The molecule has 28 heavy (non-hydrogen) atoms. The van der Waals surface area contributed by atoms with Gasteiger partial charge in [-0.3, -0.25) is 0 Å². The lowest BCUT2D eigenvalue weighted by atomic mass is 9.99. The highest BCUT2D eigenvalue weighted by Crippen LogP contribution is 2.24. The summed E-state index contributed by atoms with van der Waals surface area (Å²) in [7, 11) is -3.35. The number of aromatic nitrogens is 2. The lowest BCUT2D eigenvalue weighted by Gasteiger charge is -2.16. The van der Waals surface area contributed by atoms with Crippen LogP contribution in [-0.2, 0) is 16.3 Å². The van der Waals surface area contributed by atoms with Crippen molar-refractivity contribution >= 4 is 9.84 Å². The van der Waals surface area contributed by atoms with Crippen LogP contribution in [0.5, 0.6) is 5.88 Å². The number of nitriles is 1. The summed E-state index contributed by atoms with van der Waals surface area (Å²) in [5, 5.41) is 8.95. The zero-order valence-electron chi connectivity index (χ0n) is 16.1. The third-order valence-electron chi connectivity index (χ3n) is 5.05. The van der Waals surface area contributed by atoms with Gasteiger partial charge in [-0.05, 0) is 30.0 Å².